The van der Waals surface area contributed by atoms with Crippen LogP contribution in [0.15, 0.2) is 39.6 Å². The van der Waals surface area contributed by atoms with E-state index in [1.807, 2.05) is 24.3 Å². The molecule has 1 aromatic carbocycles. The third-order valence-corrected chi connectivity index (χ3v) is 6.41. The molecule has 0 radical (unpaired) electrons. The van der Waals surface area contributed by atoms with Crippen molar-refractivity contribution in [2.45, 2.75) is 4.90 Å². The zero-order valence-corrected chi connectivity index (χ0v) is 13.2. The maximum atomic E-state index is 11.7. The molecule has 0 amide bonds. The van der Waals surface area contributed by atoms with Gasteiger partial charge in [-0.3, -0.25) is 0 Å². The quantitative estimate of drug-likeness (QED) is 0.763. The van der Waals surface area contributed by atoms with Gasteiger partial charge in [-0.15, -0.1) is 3.71 Å². The monoisotopic (exact) mass is 332 g/mol. The molecule has 0 atom stereocenters. The van der Waals surface area contributed by atoms with Gasteiger partial charge in [-0.25, -0.2) is 16.8 Å². The van der Waals surface area contributed by atoms with E-state index in [2.05, 4.69) is 4.40 Å². The summed E-state index contributed by atoms with van der Waals surface area (Å²) in [5.74, 6) is -0.142. The van der Waals surface area contributed by atoms with Crippen molar-refractivity contribution in [2.75, 3.05) is 12.5 Å². The fourth-order valence-corrected chi connectivity index (χ4v) is 5.34. The molecule has 6 nitrogen and oxygen atoms in total. The lowest BCUT2D eigenvalue weighted by atomic mass is 10.2. The summed E-state index contributed by atoms with van der Waals surface area (Å²) in [6.07, 6.45) is 4.67. The molecular formula is C11H12N2O4S3. The van der Waals surface area contributed by atoms with Crippen molar-refractivity contribution < 1.29 is 16.8 Å². The van der Waals surface area contributed by atoms with E-state index >= 15 is 0 Å². The number of hydrogen-bond donors (Lipinski definition) is 0. The zero-order chi connectivity index (χ0) is 15.0. The van der Waals surface area contributed by atoms with Gasteiger partial charge in [0.15, 0.2) is 5.84 Å². The molecule has 20 heavy (non-hydrogen) atoms. The maximum Gasteiger partial charge on any atom is 0.246 e. The normalized spacial score (nSPS) is 15.2. The van der Waals surface area contributed by atoms with Gasteiger partial charge < -0.3 is 0 Å². The molecule has 0 bridgehead atoms. The number of amidine groups is 1. The molecular weight excluding hydrogens is 320 g/mol. The summed E-state index contributed by atoms with van der Waals surface area (Å²) in [6.45, 7) is 0. The van der Waals surface area contributed by atoms with Crippen LogP contribution in [0.3, 0.4) is 0 Å². The highest BCUT2D eigenvalue weighted by Gasteiger charge is 2.30. The summed E-state index contributed by atoms with van der Waals surface area (Å²) in [5.41, 5.74) is 0.846. The summed E-state index contributed by atoms with van der Waals surface area (Å²) < 4.78 is 51.1. The van der Waals surface area contributed by atoms with Gasteiger partial charge in [0.05, 0.1) is 12.5 Å². The first kappa shape index (κ1) is 15.1. The van der Waals surface area contributed by atoms with Gasteiger partial charge in [-0.05, 0) is 17.7 Å². The predicted octanol–water partition coefficient (Wildman–Crippen LogP) is 1.34. The highest BCUT2D eigenvalue weighted by atomic mass is 32.3. The number of benzene rings is 1. The van der Waals surface area contributed by atoms with Crippen LogP contribution in [-0.2, 0) is 20.0 Å². The zero-order valence-electron chi connectivity index (χ0n) is 10.7. The molecule has 2 rings (SSSR count). The lowest BCUT2D eigenvalue weighted by Gasteiger charge is -2.18. The summed E-state index contributed by atoms with van der Waals surface area (Å²) >= 11 is 1.03. The molecule has 1 heterocycles. The Morgan fingerprint density at radius 3 is 2.20 bits per heavy atom. The van der Waals surface area contributed by atoms with Crippen LogP contribution in [0.25, 0.3) is 6.08 Å². The molecule has 0 fully saturated rings. The first-order valence-corrected chi connectivity index (χ1v) is 9.89. The standard InChI is InChI=1S/C11H12N2O4S3/c1-19(14,15)13(20(2,16)17)11-8-7-9-5-3-4-6-10(9)18-12-11/h3-8H,1-2H3. The van der Waals surface area contributed by atoms with Crippen molar-refractivity contribution in [3.05, 3.63) is 35.9 Å². The van der Waals surface area contributed by atoms with Crippen LogP contribution >= 0.6 is 11.9 Å². The summed E-state index contributed by atoms with van der Waals surface area (Å²) in [4.78, 5) is 0.820. The molecule has 108 valence electrons. The van der Waals surface area contributed by atoms with Gasteiger partial charge in [0.25, 0.3) is 0 Å². The van der Waals surface area contributed by atoms with Crippen LogP contribution in [0.1, 0.15) is 5.56 Å². The van der Waals surface area contributed by atoms with E-state index in [9.17, 15) is 16.8 Å². The van der Waals surface area contributed by atoms with E-state index in [-0.39, 0.29) is 5.84 Å². The van der Waals surface area contributed by atoms with Crippen LogP contribution < -0.4 is 0 Å². The SMILES string of the molecule is CS(=O)(=O)N(C1=NSc2ccccc2C=C1)S(C)(=O)=O. The van der Waals surface area contributed by atoms with Crippen molar-refractivity contribution in [3.8, 4) is 0 Å². The minimum atomic E-state index is -3.98. The van der Waals surface area contributed by atoms with Crippen LogP contribution in [0, 0.1) is 0 Å². The molecule has 0 spiro atoms. The first-order valence-electron chi connectivity index (χ1n) is 5.42. The fourth-order valence-electron chi connectivity index (χ4n) is 1.67. The van der Waals surface area contributed by atoms with Crippen molar-refractivity contribution in [3.63, 3.8) is 0 Å². The van der Waals surface area contributed by atoms with E-state index in [1.54, 1.807) is 6.08 Å². The largest absolute Gasteiger partial charge is 0.246 e. The minimum Gasteiger partial charge on any atom is -0.206 e. The Morgan fingerprint density at radius 2 is 1.60 bits per heavy atom. The molecule has 0 saturated heterocycles. The molecule has 9 heteroatoms. The second kappa shape index (κ2) is 5.23. The van der Waals surface area contributed by atoms with E-state index in [0.29, 0.717) is 3.71 Å². The van der Waals surface area contributed by atoms with Gasteiger partial charge in [0, 0.05) is 16.8 Å². The highest BCUT2D eigenvalue weighted by Crippen LogP contribution is 2.28. The first-order chi connectivity index (χ1) is 9.19. The molecule has 0 saturated carbocycles. The number of fused-ring (bicyclic) bond motifs is 1. The van der Waals surface area contributed by atoms with E-state index in [1.165, 1.54) is 6.08 Å². The Balaban J connectivity index is 2.52. The molecule has 0 N–H and O–H groups in total. The Bertz CT molecular complexity index is 763. The third kappa shape index (κ3) is 3.22. The number of nitrogens with zero attached hydrogens (tertiary/aromatic N) is 2. The highest BCUT2D eigenvalue weighted by molar-refractivity contribution is 8.04. The Labute approximate surface area is 122 Å². The van der Waals surface area contributed by atoms with Crippen molar-refractivity contribution >= 4 is 43.9 Å². The third-order valence-electron chi connectivity index (χ3n) is 2.36. The average Bonchev–Trinajstić information content (AvgIpc) is 2.49. The maximum absolute atomic E-state index is 11.7. The summed E-state index contributed by atoms with van der Waals surface area (Å²) in [7, 11) is -7.95. The van der Waals surface area contributed by atoms with Crippen LogP contribution in [-0.4, -0.2) is 38.9 Å². The smallest absolute Gasteiger partial charge is 0.206 e. The van der Waals surface area contributed by atoms with Crippen molar-refractivity contribution in [1.29, 1.82) is 0 Å². The molecule has 1 aromatic rings. The molecule has 0 aliphatic carbocycles. The fraction of sp³-hybridized carbons (Fsp3) is 0.182. The molecule has 0 unspecified atom stereocenters. The van der Waals surface area contributed by atoms with Gasteiger partial charge in [0.1, 0.15) is 0 Å². The molecule has 1 aliphatic heterocycles. The number of sulfonamides is 2. The van der Waals surface area contributed by atoms with Crippen LogP contribution in [0.2, 0.25) is 0 Å². The average molecular weight is 332 g/mol. The van der Waals surface area contributed by atoms with Crippen molar-refractivity contribution in [2.24, 2.45) is 4.40 Å². The number of rotatable bonds is 2. The summed E-state index contributed by atoms with van der Waals surface area (Å²) in [5, 5.41) is 0. The van der Waals surface area contributed by atoms with E-state index in [4.69, 9.17) is 0 Å². The molecule has 1 aliphatic rings. The van der Waals surface area contributed by atoms with Gasteiger partial charge in [-0.2, -0.15) is 4.40 Å². The van der Waals surface area contributed by atoms with Gasteiger partial charge in [0.2, 0.25) is 20.0 Å². The van der Waals surface area contributed by atoms with E-state index < -0.39 is 20.0 Å². The second-order valence-corrected chi connectivity index (χ2v) is 8.83. The lowest BCUT2D eigenvalue weighted by Crippen LogP contribution is -2.39. The predicted molar refractivity (Wildman–Crippen MR) is 80.3 cm³/mol. The Kier molecular flexibility index (Phi) is 3.94. The Morgan fingerprint density at radius 1 is 1.00 bits per heavy atom. The van der Waals surface area contributed by atoms with E-state index in [0.717, 1.165) is 34.9 Å². The summed E-state index contributed by atoms with van der Waals surface area (Å²) in [6, 6.07) is 7.31. The van der Waals surface area contributed by atoms with Crippen LogP contribution in [0.4, 0.5) is 0 Å². The van der Waals surface area contributed by atoms with Gasteiger partial charge in [-0.1, -0.05) is 24.3 Å². The Hall–Kier alpha value is -1.32. The molecule has 0 aromatic heterocycles. The van der Waals surface area contributed by atoms with Crippen LogP contribution in [0.5, 0.6) is 0 Å². The van der Waals surface area contributed by atoms with Gasteiger partial charge >= 0.3 is 0 Å². The topological polar surface area (TPSA) is 83.9 Å². The number of hydrogen-bond acceptors (Lipinski definition) is 6. The minimum absolute atomic E-state index is 0.142. The lowest BCUT2D eigenvalue weighted by molar-refractivity contribution is 0.554. The second-order valence-electron chi connectivity index (χ2n) is 4.14. The van der Waals surface area contributed by atoms with Crippen molar-refractivity contribution in [1.82, 2.24) is 3.71 Å².